The molecule has 3 rings (SSSR count). The molecule has 182 valence electrons. The molecule has 0 aromatic heterocycles. The first kappa shape index (κ1) is 25.2. The molecular weight excluding hydrogens is 451 g/mol. The fraction of sp³-hybridized carbons (Fsp3) is 0.348. The van der Waals surface area contributed by atoms with Gasteiger partial charge in [0.2, 0.25) is 17.7 Å². The summed E-state index contributed by atoms with van der Waals surface area (Å²) in [5, 5.41) is 2.67. The number of anilines is 1. The van der Waals surface area contributed by atoms with Crippen molar-refractivity contribution >= 4 is 23.4 Å². The van der Waals surface area contributed by atoms with E-state index in [1.165, 1.54) is 30.3 Å². The maximum absolute atomic E-state index is 12.7. The first-order chi connectivity index (χ1) is 16.0. The molecule has 34 heavy (non-hydrogen) atoms. The Balaban J connectivity index is 1.54. The lowest BCUT2D eigenvalue weighted by atomic mass is 10.1. The lowest BCUT2D eigenvalue weighted by Gasteiger charge is -2.22. The van der Waals surface area contributed by atoms with Crippen LogP contribution in [0.5, 0.6) is 0 Å². The molecule has 1 heterocycles. The predicted octanol–water partition coefficient (Wildman–Crippen LogP) is 2.05. The lowest BCUT2D eigenvalue weighted by Crippen LogP contribution is -2.36. The highest BCUT2D eigenvalue weighted by molar-refractivity contribution is 6.01. The number of carbonyl (C=O) groups is 3. The molecule has 3 amide bonds. The normalized spacial score (nSPS) is 15.5. The molecule has 8 nitrogen and oxygen atoms in total. The second-order valence-corrected chi connectivity index (χ2v) is 8.18. The van der Waals surface area contributed by atoms with Gasteiger partial charge in [-0.25, -0.2) is 0 Å². The molecule has 0 radical (unpaired) electrons. The van der Waals surface area contributed by atoms with Crippen LogP contribution in [0, 0.1) is 0 Å². The van der Waals surface area contributed by atoms with Crippen LogP contribution in [-0.4, -0.2) is 60.2 Å². The summed E-state index contributed by atoms with van der Waals surface area (Å²) in [4.78, 5) is 39.6. The van der Waals surface area contributed by atoms with E-state index >= 15 is 0 Å². The zero-order valence-electron chi connectivity index (χ0n) is 18.4. The number of hydrogen-bond acceptors (Lipinski definition) is 5. The van der Waals surface area contributed by atoms with E-state index in [-0.39, 0.29) is 29.3 Å². The Bertz CT molecular complexity index is 1020. The van der Waals surface area contributed by atoms with Crippen LogP contribution in [0.1, 0.15) is 38.3 Å². The summed E-state index contributed by atoms with van der Waals surface area (Å²) in [6, 6.07) is 9.16. The van der Waals surface area contributed by atoms with Crippen molar-refractivity contribution in [2.45, 2.75) is 19.1 Å². The van der Waals surface area contributed by atoms with Crippen molar-refractivity contribution in [2.75, 3.05) is 38.0 Å². The van der Waals surface area contributed by atoms with Gasteiger partial charge in [0.05, 0.1) is 12.1 Å². The number of nitrogens with zero attached hydrogens (tertiary/aromatic N) is 2. The van der Waals surface area contributed by atoms with E-state index < -0.39 is 23.6 Å². The minimum absolute atomic E-state index is 0.0558. The highest BCUT2D eigenvalue weighted by atomic mass is 19.4. The monoisotopic (exact) mass is 477 g/mol. The third kappa shape index (κ3) is 7.03. The number of amides is 3. The zero-order chi connectivity index (χ0) is 24.9. The number of benzene rings is 2. The molecule has 0 spiro atoms. The van der Waals surface area contributed by atoms with E-state index in [0.717, 1.165) is 30.7 Å². The third-order valence-corrected chi connectivity index (χ3v) is 5.52. The number of primary amides is 2. The van der Waals surface area contributed by atoms with Crippen LogP contribution in [0.15, 0.2) is 42.5 Å². The molecule has 0 unspecified atom stereocenters. The summed E-state index contributed by atoms with van der Waals surface area (Å²) >= 11 is 0. The number of nitrogens with one attached hydrogen (secondary N) is 1. The summed E-state index contributed by atoms with van der Waals surface area (Å²) in [5.74, 6) is -1.83. The Morgan fingerprint density at radius 1 is 0.853 bits per heavy atom. The fourth-order valence-electron chi connectivity index (χ4n) is 3.79. The maximum Gasteiger partial charge on any atom is 0.416 e. The summed E-state index contributed by atoms with van der Waals surface area (Å²) in [7, 11) is 0. The Kier molecular flexibility index (Phi) is 7.90. The van der Waals surface area contributed by atoms with E-state index in [0.29, 0.717) is 26.2 Å². The molecule has 1 aliphatic heterocycles. The Hall–Kier alpha value is -3.44. The van der Waals surface area contributed by atoms with Gasteiger partial charge in [0, 0.05) is 36.4 Å². The zero-order valence-corrected chi connectivity index (χ0v) is 18.4. The molecule has 2 aromatic rings. The van der Waals surface area contributed by atoms with Crippen molar-refractivity contribution in [1.82, 2.24) is 9.80 Å². The second kappa shape index (κ2) is 10.7. The van der Waals surface area contributed by atoms with Crippen LogP contribution < -0.4 is 16.8 Å². The molecule has 11 heteroatoms. The van der Waals surface area contributed by atoms with Gasteiger partial charge in [0.15, 0.2) is 0 Å². The Labute approximate surface area is 194 Å². The van der Waals surface area contributed by atoms with Gasteiger partial charge in [-0.15, -0.1) is 0 Å². The molecule has 1 saturated heterocycles. The second-order valence-electron chi connectivity index (χ2n) is 8.18. The summed E-state index contributed by atoms with van der Waals surface area (Å²) in [5.41, 5.74) is 11.0. The molecule has 5 N–H and O–H groups in total. The van der Waals surface area contributed by atoms with E-state index in [1.54, 1.807) is 0 Å². The van der Waals surface area contributed by atoms with Crippen molar-refractivity contribution < 1.29 is 27.6 Å². The van der Waals surface area contributed by atoms with E-state index in [2.05, 4.69) is 10.2 Å². The summed E-state index contributed by atoms with van der Waals surface area (Å²) in [6.07, 6.45) is -3.57. The van der Waals surface area contributed by atoms with Gasteiger partial charge in [0.1, 0.15) is 0 Å². The topological polar surface area (TPSA) is 122 Å². The first-order valence-corrected chi connectivity index (χ1v) is 10.7. The molecule has 0 bridgehead atoms. The highest BCUT2D eigenvalue weighted by Gasteiger charge is 2.30. The minimum Gasteiger partial charge on any atom is -0.366 e. The van der Waals surface area contributed by atoms with Gasteiger partial charge in [-0.3, -0.25) is 24.2 Å². The van der Waals surface area contributed by atoms with Crippen LogP contribution >= 0.6 is 0 Å². The largest absolute Gasteiger partial charge is 0.416 e. The molecule has 1 fully saturated rings. The number of rotatable bonds is 7. The summed E-state index contributed by atoms with van der Waals surface area (Å²) < 4.78 is 38.2. The molecule has 0 aliphatic carbocycles. The fourth-order valence-corrected chi connectivity index (χ4v) is 3.79. The predicted molar refractivity (Wildman–Crippen MR) is 120 cm³/mol. The van der Waals surface area contributed by atoms with E-state index in [4.69, 9.17) is 11.5 Å². The average Bonchev–Trinajstić information content (AvgIpc) is 2.98. The molecule has 2 aromatic carbocycles. The minimum atomic E-state index is -4.36. The first-order valence-electron chi connectivity index (χ1n) is 10.7. The smallest absolute Gasteiger partial charge is 0.366 e. The van der Waals surface area contributed by atoms with Crippen LogP contribution in [0.25, 0.3) is 0 Å². The van der Waals surface area contributed by atoms with Crippen molar-refractivity contribution in [2.24, 2.45) is 11.5 Å². The van der Waals surface area contributed by atoms with Gasteiger partial charge < -0.3 is 16.8 Å². The van der Waals surface area contributed by atoms with Gasteiger partial charge in [-0.1, -0.05) is 12.1 Å². The standard InChI is InChI=1S/C23H26F3N5O3/c24-23(25,26)18-4-2-15(3-5-18)13-30-6-1-7-31(9-8-30)14-20(32)29-19-11-16(21(27)33)10-17(12-19)22(28)34/h2-5,10-12H,1,6-9,13-14H2,(H2,27,33)(H2,28,34)(H,29,32). The van der Waals surface area contributed by atoms with Crippen LogP contribution in [0.3, 0.4) is 0 Å². The van der Waals surface area contributed by atoms with Gasteiger partial charge in [0.25, 0.3) is 0 Å². The summed E-state index contributed by atoms with van der Waals surface area (Å²) in [6.45, 7) is 3.29. The average molecular weight is 477 g/mol. The van der Waals surface area contributed by atoms with E-state index in [9.17, 15) is 27.6 Å². The van der Waals surface area contributed by atoms with Crippen molar-refractivity contribution in [3.8, 4) is 0 Å². The highest BCUT2D eigenvalue weighted by Crippen LogP contribution is 2.29. The van der Waals surface area contributed by atoms with Crippen LogP contribution in [0.4, 0.5) is 18.9 Å². The molecule has 0 saturated carbocycles. The van der Waals surface area contributed by atoms with Crippen molar-refractivity contribution in [1.29, 1.82) is 0 Å². The van der Waals surface area contributed by atoms with Gasteiger partial charge >= 0.3 is 6.18 Å². The van der Waals surface area contributed by atoms with Crippen molar-refractivity contribution in [3.63, 3.8) is 0 Å². The number of alkyl halides is 3. The quantitative estimate of drug-likeness (QED) is 0.564. The molecule has 1 aliphatic rings. The number of halogens is 3. The number of carbonyl (C=O) groups excluding carboxylic acids is 3. The van der Waals surface area contributed by atoms with Crippen molar-refractivity contribution in [3.05, 3.63) is 64.7 Å². The number of nitrogens with two attached hydrogens (primary N) is 2. The van der Waals surface area contributed by atoms with Gasteiger partial charge in [-0.05, 0) is 55.4 Å². The van der Waals surface area contributed by atoms with Crippen LogP contribution in [-0.2, 0) is 17.5 Å². The van der Waals surface area contributed by atoms with Crippen LogP contribution in [0.2, 0.25) is 0 Å². The van der Waals surface area contributed by atoms with E-state index in [1.807, 2.05) is 4.90 Å². The maximum atomic E-state index is 12.7. The Morgan fingerprint density at radius 2 is 1.41 bits per heavy atom. The molecule has 0 atom stereocenters. The third-order valence-electron chi connectivity index (χ3n) is 5.52. The lowest BCUT2D eigenvalue weighted by molar-refractivity contribution is -0.137. The molecular formula is C23H26F3N5O3. The SMILES string of the molecule is NC(=O)c1cc(NC(=O)CN2CCCN(Cc3ccc(C(F)(F)F)cc3)CC2)cc(C(N)=O)c1. The van der Waals surface area contributed by atoms with Gasteiger partial charge in [-0.2, -0.15) is 13.2 Å². The number of hydrogen-bond donors (Lipinski definition) is 3. The Morgan fingerprint density at radius 3 is 1.97 bits per heavy atom.